The lowest BCUT2D eigenvalue weighted by Crippen LogP contribution is -2.25. The average Bonchev–Trinajstić information content (AvgIpc) is 3.32. The first kappa shape index (κ1) is 22.4. The van der Waals surface area contributed by atoms with Gasteiger partial charge in [-0.05, 0) is 44.2 Å². The van der Waals surface area contributed by atoms with Crippen LogP contribution in [0.15, 0.2) is 42.5 Å². The van der Waals surface area contributed by atoms with Gasteiger partial charge >= 0.3 is 0 Å². The first-order chi connectivity index (χ1) is 16.1. The zero-order valence-corrected chi connectivity index (χ0v) is 19.5. The summed E-state index contributed by atoms with van der Waals surface area (Å²) < 4.78 is 34.3. The van der Waals surface area contributed by atoms with Crippen molar-refractivity contribution in [3.8, 4) is 5.75 Å². The first-order valence-corrected chi connectivity index (χ1v) is 11.1. The lowest BCUT2D eigenvalue weighted by Gasteiger charge is -2.18. The Morgan fingerprint density at radius 1 is 1.09 bits per heavy atom. The van der Waals surface area contributed by atoms with E-state index in [1.165, 1.54) is 12.1 Å². The van der Waals surface area contributed by atoms with Crippen LogP contribution in [0.25, 0.3) is 11.0 Å². The molecule has 0 bridgehead atoms. The standard InChI is InChI=1S/C24H18Cl2F2N4O2/c1-24(2)10-12-18-17(29-23(31-18)32-19-13(25)5-3-6-14(19)26)9-11(21(12)34-24)22(33)30-20-15(27)7-4-8-16(20)28/h3-9H,10H2,1-2H3,(H,30,33)(H2,29,31,32). The second-order valence-corrected chi connectivity index (χ2v) is 9.34. The molecule has 1 aliphatic heterocycles. The van der Waals surface area contributed by atoms with Gasteiger partial charge in [0.05, 0.1) is 32.3 Å². The maximum absolute atomic E-state index is 14.1. The van der Waals surface area contributed by atoms with E-state index in [1.54, 1.807) is 18.2 Å². The summed E-state index contributed by atoms with van der Waals surface area (Å²) in [6, 6.07) is 10.0. The van der Waals surface area contributed by atoms with Gasteiger partial charge in [-0.2, -0.15) is 0 Å². The van der Waals surface area contributed by atoms with E-state index >= 15 is 0 Å². The van der Waals surface area contributed by atoms with E-state index in [2.05, 4.69) is 20.6 Å². The molecule has 174 valence electrons. The number of carbonyl (C=O) groups is 1. The number of nitrogens with one attached hydrogen (secondary N) is 3. The number of benzene rings is 3. The highest BCUT2D eigenvalue weighted by molar-refractivity contribution is 6.39. The molecular formula is C24H18Cl2F2N4O2. The normalized spacial score (nSPS) is 14.1. The minimum absolute atomic E-state index is 0.127. The number of H-pyrrole nitrogens is 1. The third kappa shape index (κ3) is 3.93. The van der Waals surface area contributed by atoms with Crippen molar-refractivity contribution >= 4 is 57.5 Å². The van der Waals surface area contributed by atoms with Crippen LogP contribution < -0.4 is 15.4 Å². The Hall–Kier alpha value is -3.36. The van der Waals surface area contributed by atoms with Crippen molar-refractivity contribution < 1.29 is 18.3 Å². The maximum atomic E-state index is 14.1. The van der Waals surface area contributed by atoms with Crippen LogP contribution in [0.4, 0.5) is 26.1 Å². The molecule has 0 saturated heterocycles. The summed E-state index contributed by atoms with van der Waals surface area (Å²) in [4.78, 5) is 20.8. The number of amides is 1. The van der Waals surface area contributed by atoms with E-state index in [-0.39, 0.29) is 5.56 Å². The molecule has 34 heavy (non-hydrogen) atoms. The Kier molecular flexibility index (Phi) is 5.37. The fraction of sp³-hybridized carbons (Fsp3) is 0.167. The molecule has 0 radical (unpaired) electrons. The molecule has 10 heteroatoms. The Balaban J connectivity index is 1.59. The fourth-order valence-corrected chi connectivity index (χ4v) is 4.47. The predicted octanol–water partition coefficient (Wildman–Crippen LogP) is 6.86. The Labute approximate surface area is 203 Å². The molecule has 1 aromatic heterocycles. The van der Waals surface area contributed by atoms with Crippen molar-refractivity contribution in [3.05, 3.63) is 75.3 Å². The number of halogens is 4. The predicted molar refractivity (Wildman–Crippen MR) is 129 cm³/mol. The molecule has 2 heterocycles. The number of hydrogen-bond donors (Lipinski definition) is 3. The minimum Gasteiger partial charge on any atom is -0.486 e. The van der Waals surface area contributed by atoms with Crippen molar-refractivity contribution in [3.63, 3.8) is 0 Å². The number of carbonyl (C=O) groups excluding carboxylic acids is 1. The van der Waals surface area contributed by atoms with Crippen molar-refractivity contribution in [2.45, 2.75) is 25.9 Å². The third-order valence-electron chi connectivity index (χ3n) is 5.46. The van der Waals surface area contributed by atoms with Crippen LogP contribution >= 0.6 is 23.2 Å². The van der Waals surface area contributed by atoms with Crippen molar-refractivity contribution in [2.24, 2.45) is 0 Å². The van der Waals surface area contributed by atoms with Gasteiger partial charge in [0.25, 0.3) is 5.91 Å². The molecule has 0 fully saturated rings. The second kappa shape index (κ2) is 8.14. The van der Waals surface area contributed by atoms with Gasteiger partial charge in [0, 0.05) is 12.0 Å². The summed E-state index contributed by atoms with van der Waals surface area (Å²) in [5, 5.41) is 6.22. The SMILES string of the molecule is CC1(C)Cc2c(c(C(=O)Nc3c(F)cccc3F)cc3[nH]c(Nc4c(Cl)cccc4Cl)nc23)O1. The van der Waals surface area contributed by atoms with E-state index < -0.39 is 28.8 Å². The minimum atomic E-state index is -0.878. The summed E-state index contributed by atoms with van der Waals surface area (Å²) in [7, 11) is 0. The Bertz CT molecular complexity index is 1430. The zero-order chi connectivity index (χ0) is 24.2. The van der Waals surface area contributed by atoms with E-state index in [0.29, 0.717) is 50.4 Å². The van der Waals surface area contributed by atoms with E-state index in [0.717, 1.165) is 12.1 Å². The number of aromatic amines is 1. The number of hydrogen-bond acceptors (Lipinski definition) is 4. The third-order valence-corrected chi connectivity index (χ3v) is 6.09. The highest BCUT2D eigenvalue weighted by atomic mass is 35.5. The quantitative estimate of drug-likeness (QED) is 0.285. The molecule has 3 N–H and O–H groups in total. The highest BCUT2D eigenvalue weighted by Crippen LogP contribution is 2.43. The molecule has 4 aromatic rings. The van der Waals surface area contributed by atoms with Gasteiger partial charge < -0.3 is 20.4 Å². The maximum Gasteiger partial charge on any atom is 0.259 e. The summed E-state index contributed by atoms with van der Waals surface area (Å²) in [5.74, 6) is -1.79. The first-order valence-electron chi connectivity index (χ1n) is 10.3. The Morgan fingerprint density at radius 3 is 2.41 bits per heavy atom. The molecule has 0 atom stereocenters. The molecule has 6 nitrogen and oxygen atoms in total. The number of anilines is 3. The van der Waals surface area contributed by atoms with E-state index in [9.17, 15) is 13.6 Å². The smallest absolute Gasteiger partial charge is 0.259 e. The van der Waals surface area contributed by atoms with E-state index in [4.69, 9.17) is 27.9 Å². The van der Waals surface area contributed by atoms with Crippen LogP contribution in [0, 0.1) is 11.6 Å². The number of para-hydroxylation sites is 2. The van der Waals surface area contributed by atoms with Crippen molar-refractivity contribution in [1.29, 1.82) is 0 Å². The fourth-order valence-electron chi connectivity index (χ4n) is 3.98. The molecule has 1 aliphatic rings. The summed E-state index contributed by atoms with van der Waals surface area (Å²) in [5.41, 5.74) is 1.31. The van der Waals surface area contributed by atoms with Crippen LogP contribution in [0.1, 0.15) is 29.8 Å². The second-order valence-electron chi connectivity index (χ2n) is 8.52. The molecule has 3 aromatic carbocycles. The molecule has 5 rings (SSSR count). The number of ether oxygens (including phenoxy) is 1. The van der Waals surface area contributed by atoms with Crippen LogP contribution in [0.2, 0.25) is 10.0 Å². The van der Waals surface area contributed by atoms with Crippen molar-refractivity contribution in [2.75, 3.05) is 10.6 Å². The highest BCUT2D eigenvalue weighted by Gasteiger charge is 2.36. The van der Waals surface area contributed by atoms with Crippen LogP contribution in [-0.4, -0.2) is 21.5 Å². The number of fused-ring (bicyclic) bond motifs is 3. The summed E-state index contributed by atoms with van der Waals surface area (Å²) in [6.07, 6.45) is 0.477. The molecular weight excluding hydrogens is 485 g/mol. The summed E-state index contributed by atoms with van der Waals surface area (Å²) in [6.45, 7) is 3.76. The van der Waals surface area contributed by atoms with Gasteiger partial charge in [0.15, 0.2) is 0 Å². The molecule has 1 amide bonds. The van der Waals surface area contributed by atoms with Gasteiger partial charge in [-0.1, -0.05) is 35.3 Å². The molecule has 0 aliphatic carbocycles. The van der Waals surface area contributed by atoms with Crippen molar-refractivity contribution in [1.82, 2.24) is 9.97 Å². The topological polar surface area (TPSA) is 79.0 Å². The van der Waals surface area contributed by atoms with Gasteiger partial charge in [-0.15, -0.1) is 0 Å². The zero-order valence-electron chi connectivity index (χ0n) is 18.0. The number of rotatable bonds is 4. The van der Waals surface area contributed by atoms with E-state index in [1.807, 2.05) is 13.8 Å². The van der Waals surface area contributed by atoms with Crippen LogP contribution in [0.3, 0.4) is 0 Å². The lowest BCUT2D eigenvalue weighted by molar-refractivity contribution is 0.101. The van der Waals surface area contributed by atoms with Gasteiger partial charge in [0.1, 0.15) is 28.7 Å². The van der Waals surface area contributed by atoms with Crippen LogP contribution in [-0.2, 0) is 6.42 Å². The molecule has 0 unspecified atom stereocenters. The number of imidazole rings is 1. The largest absolute Gasteiger partial charge is 0.486 e. The molecule has 0 saturated carbocycles. The van der Waals surface area contributed by atoms with Gasteiger partial charge in [-0.3, -0.25) is 4.79 Å². The summed E-state index contributed by atoms with van der Waals surface area (Å²) >= 11 is 12.5. The lowest BCUT2D eigenvalue weighted by atomic mass is 9.98. The van der Waals surface area contributed by atoms with Gasteiger partial charge in [0.2, 0.25) is 5.95 Å². The average molecular weight is 503 g/mol. The molecule has 0 spiro atoms. The monoisotopic (exact) mass is 502 g/mol. The number of nitrogens with zero attached hydrogens (tertiary/aromatic N) is 1. The Morgan fingerprint density at radius 2 is 1.74 bits per heavy atom. The number of aromatic nitrogens is 2. The van der Waals surface area contributed by atoms with Gasteiger partial charge in [-0.25, -0.2) is 13.8 Å². The van der Waals surface area contributed by atoms with Crippen LogP contribution in [0.5, 0.6) is 5.75 Å².